The number of rotatable bonds is 2. The van der Waals surface area contributed by atoms with E-state index >= 15 is 0 Å². The smallest absolute Gasteiger partial charge is 0.270 e. The molecule has 2 amide bonds. The lowest BCUT2D eigenvalue weighted by Crippen LogP contribution is -2.46. The molecule has 5 nitrogen and oxygen atoms in total. The van der Waals surface area contributed by atoms with Crippen LogP contribution in [0.25, 0.3) is 10.9 Å². The summed E-state index contributed by atoms with van der Waals surface area (Å²) < 4.78 is 0.996. The Hall–Kier alpha value is -1.82. The van der Waals surface area contributed by atoms with Crippen molar-refractivity contribution in [2.24, 2.45) is 0 Å². The van der Waals surface area contributed by atoms with E-state index in [0.29, 0.717) is 18.8 Å². The van der Waals surface area contributed by atoms with Crippen LogP contribution in [0, 0.1) is 0 Å². The van der Waals surface area contributed by atoms with Crippen LogP contribution in [0.5, 0.6) is 0 Å². The molecule has 0 radical (unpaired) electrons. The Bertz CT molecular complexity index is 747. The standard InChI is InChI=1S/C17H20BrN3O2/c1-11(22)20(2)14-5-7-21(8-6-14)17(23)16-10-12-9-13(18)3-4-15(12)19-16/h3-4,9-10,14,19H,5-8H2,1-2H3. The molecule has 0 bridgehead atoms. The lowest BCUT2D eigenvalue weighted by atomic mass is 10.0. The molecule has 0 spiro atoms. The number of piperidine rings is 1. The highest BCUT2D eigenvalue weighted by Gasteiger charge is 2.27. The molecule has 2 aromatic rings. The number of likely N-dealkylation sites (tertiary alicyclic amines) is 1. The first-order chi connectivity index (χ1) is 11.0. The summed E-state index contributed by atoms with van der Waals surface area (Å²) in [6.07, 6.45) is 1.65. The number of carbonyl (C=O) groups excluding carboxylic acids is 2. The number of halogens is 1. The zero-order chi connectivity index (χ0) is 16.6. The predicted molar refractivity (Wildman–Crippen MR) is 93.4 cm³/mol. The van der Waals surface area contributed by atoms with Gasteiger partial charge in [-0.1, -0.05) is 15.9 Å². The number of amides is 2. The van der Waals surface area contributed by atoms with Gasteiger partial charge in [0.25, 0.3) is 5.91 Å². The number of benzene rings is 1. The molecule has 1 aliphatic heterocycles. The molecule has 2 heterocycles. The van der Waals surface area contributed by atoms with Gasteiger partial charge in [-0.05, 0) is 37.1 Å². The Balaban J connectivity index is 1.70. The van der Waals surface area contributed by atoms with Gasteiger partial charge in [0.05, 0.1) is 0 Å². The number of fused-ring (bicyclic) bond motifs is 1. The maximum atomic E-state index is 12.7. The van der Waals surface area contributed by atoms with Crippen LogP contribution in [0.4, 0.5) is 0 Å². The van der Waals surface area contributed by atoms with Gasteiger partial charge < -0.3 is 14.8 Å². The van der Waals surface area contributed by atoms with Crippen molar-refractivity contribution >= 4 is 38.6 Å². The molecule has 1 saturated heterocycles. The van der Waals surface area contributed by atoms with E-state index in [1.807, 2.05) is 36.2 Å². The molecule has 122 valence electrons. The molecule has 1 N–H and O–H groups in total. The van der Waals surface area contributed by atoms with Crippen LogP contribution in [0.15, 0.2) is 28.7 Å². The molecule has 0 atom stereocenters. The second kappa shape index (κ2) is 6.35. The number of aromatic nitrogens is 1. The van der Waals surface area contributed by atoms with E-state index in [1.54, 1.807) is 11.8 Å². The number of H-pyrrole nitrogens is 1. The first kappa shape index (κ1) is 16.1. The van der Waals surface area contributed by atoms with Gasteiger partial charge in [-0.15, -0.1) is 0 Å². The van der Waals surface area contributed by atoms with Crippen LogP contribution in [0.1, 0.15) is 30.3 Å². The number of hydrogen-bond donors (Lipinski definition) is 1. The lowest BCUT2D eigenvalue weighted by molar-refractivity contribution is -0.130. The summed E-state index contributed by atoms with van der Waals surface area (Å²) in [7, 11) is 1.83. The number of aromatic amines is 1. The van der Waals surface area contributed by atoms with Gasteiger partial charge in [0.2, 0.25) is 5.91 Å². The van der Waals surface area contributed by atoms with E-state index in [0.717, 1.165) is 28.2 Å². The minimum absolute atomic E-state index is 0.0289. The highest BCUT2D eigenvalue weighted by molar-refractivity contribution is 9.10. The van der Waals surface area contributed by atoms with E-state index in [4.69, 9.17) is 0 Å². The Labute approximate surface area is 143 Å². The zero-order valence-electron chi connectivity index (χ0n) is 13.3. The summed E-state index contributed by atoms with van der Waals surface area (Å²) in [5.74, 6) is 0.109. The Morgan fingerprint density at radius 1 is 1.26 bits per heavy atom. The van der Waals surface area contributed by atoms with Gasteiger partial charge in [-0.2, -0.15) is 0 Å². The lowest BCUT2D eigenvalue weighted by Gasteiger charge is -2.36. The molecule has 0 aliphatic carbocycles. The third-order valence-corrected chi connectivity index (χ3v) is 5.10. The van der Waals surface area contributed by atoms with Crippen molar-refractivity contribution in [3.8, 4) is 0 Å². The summed E-state index contributed by atoms with van der Waals surface area (Å²) in [6.45, 7) is 2.94. The second-order valence-electron chi connectivity index (χ2n) is 6.07. The first-order valence-corrected chi connectivity index (χ1v) is 8.56. The van der Waals surface area contributed by atoms with Crippen molar-refractivity contribution in [1.82, 2.24) is 14.8 Å². The van der Waals surface area contributed by atoms with Crippen molar-refractivity contribution in [2.75, 3.05) is 20.1 Å². The van der Waals surface area contributed by atoms with Crippen LogP contribution >= 0.6 is 15.9 Å². The molecule has 1 aromatic carbocycles. The van der Waals surface area contributed by atoms with E-state index in [1.165, 1.54) is 0 Å². The molecule has 1 fully saturated rings. The third-order valence-electron chi connectivity index (χ3n) is 4.61. The van der Waals surface area contributed by atoms with Crippen LogP contribution in [-0.4, -0.2) is 52.8 Å². The Kier molecular flexibility index (Phi) is 4.43. The van der Waals surface area contributed by atoms with Crippen molar-refractivity contribution in [2.45, 2.75) is 25.8 Å². The molecule has 3 rings (SSSR count). The van der Waals surface area contributed by atoms with Crippen LogP contribution in [-0.2, 0) is 4.79 Å². The average Bonchev–Trinajstić information content (AvgIpc) is 2.96. The monoisotopic (exact) mass is 377 g/mol. The summed E-state index contributed by atoms with van der Waals surface area (Å²) in [4.78, 5) is 31.0. The topological polar surface area (TPSA) is 56.4 Å². The van der Waals surface area contributed by atoms with E-state index in [9.17, 15) is 9.59 Å². The quantitative estimate of drug-likeness (QED) is 0.874. The fraction of sp³-hybridized carbons (Fsp3) is 0.412. The second-order valence-corrected chi connectivity index (χ2v) is 6.98. The summed E-state index contributed by atoms with van der Waals surface area (Å²) in [5.41, 5.74) is 1.58. The number of hydrogen-bond acceptors (Lipinski definition) is 2. The van der Waals surface area contributed by atoms with Crippen molar-refractivity contribution < 1.29 is 9.59 Å². The van der Waals surface area contributed by atoms with Gasteiger partial charge in [0.15, 0.2) is 0 Å². The Morgan fingerprint density at radius 2 is 1.96 bits per heavy atom. The van der Waals surface area contributed by atoms with Gasteiger partial charge in [0, 0.05) is 48.5 Å². The van der Waals surface area contributed by atoms with Gasteiger partial charge in [-0.3, -0.25) is 9.59 Å². The normalized spacial score (nSPS) is 15.9. The fourth-order valence-electron chi connectivity index (χ4n) is 3.10. The molecular weight excluding hydrogens is 358 g/mol. The first-order valence-electron chi connectivity index (χ1n) is 7.76. The number of carbonyl (C=O) groups is 2. The minimum atomic E-state index is 0.0289. The molecule has 6 heteroatoms. The molecule has 1 aliphatic rings. The van der Waals surface area contributed by atoms with Crippen LogP contribution < -0.4 is 0 Å². The zero-order valence-corrected chi connectivity index (χ0v) is 14.9. The van der Waals surface area contributed by atoms with E-state index in [2.05, 4.69) is 20.9 Å². The summed E-state index contributed by atoms with van der Waals surface area (Å²) in [5, 5.41) is 1.02. The number of nitrogens with one attached hydrogen (secondary N) is 1. The largest absolute Gasteiger partial charge is 0.351 e. The molecular formula is C17H20BrN3O2. The highest BCUT2D eigenvalue weighted by atomic mass is 79.9. The van der Waals surface area contributed by atoms with Gasteiger partial charge in [0.1, 0.15) is 5.69 Å². The summed E-state index contributed by atoms with van der Waals surface area (Å²) in [6, 6.07) is 8.04. The molecule has 1 aromatic heterocycles. The van der Waals surface area contributed by atoms with E-state index in [-0.39, 0.29) is 17.9 Å². The van der Waals surface area contributed by atoms with Gasteiger partial charge >= 0.3 is 0 Å². The Morgan fingerprint density at radius 3 is 2.61 bits per heavy atom. The van der Waals surface area contributed by atoms with E-state index < -0.39 is 0 Å². The van der Waals surface area contributed by atoms with Crippen molar-refractivity contribution in [3.05, 3.63) is 34.4 Å². The number of nitrogens with zero attached hydrogens (tertiary/aromatic N) is 2. The van der Waals surface area contributed by atoms with Crippen LogP contribution in [0.3, 0.4) is 0 Å². The SMILES string of the molecule is CC(=O)N(C)C1CCN(C(=O)c2cc3cc(Br)ccc3[nH]2)CC1. The minimum Gasteiger partial charge on any atom is -0.351 e. The molecule has 0 saturated carbocycles. The predicted octanol–water partition coefficient (Wildman–Crippen LogP) is 3.01. The van der Waals surface area contributed by atoms with Crippen molar-refractivity contribution in [3.63, 3.8) is 0 Å². The third kappa shape index (κ3) is 3.27. The van der Waals surface area contributed by atoms with Crippen LogP contribution in [0.2, 0.25) is 0 Å². The maximum Gasteiger partial charge on any atom is 0.270 e. The van der Waals surface area contributed by atoms with Gasteiger partial charge in [-0.25, -0.2) is 0 Å². The van der Waals surface area contributed by atoms with Crippen molar-refractivity contribution in [1.29, 1.82) is 0 Å². The summed E-state index contributed by atoms with van der Waals surface area (Å²) >= 11 is 3.45. The fourth-order valence-corrected chi connectivity index (χ4v) is 3.48. The molecule has 23 heavy (non-hydrogen) atoms. The molecule has 0 unspecified atom stereocenters. The highest BCUT2D eigenvalue weighted by Crippen LogP contribution is 2.23. The maximum absolute atomic E-state index is 12.7. The average molecular weight is 378 g/mol.